The number of nitrogens with zero attached hydrogens (tertiary/aromatic N) is 1. The fourth-order valence-corrected chi connectivity index (χ4v) is 2.31. The molecule has 2 atom stereocenters. The minimum atomic E-state index is -0.395. The van der Waals surface area contributed by atoms with Gasteiger partial charge in [-0.3, -0.25) is 0 Å². The van der Waals surface area contributed by atoms with E-state index in [1.54, 1.807) is 0 Å². The molecule has 0 saturated heterocycles. The maximum Gasteiger partial charge on any atom is 0.109 e. The van der Waals surface area contributed by atoms with Crippen molar-refractivity contribution >= 4 is 0 Å². The molecule has 104 valence electrons. The van der Waals surface area contributed by atoms with Gasteiger partial charge in [0.05, 0.1) is 31.0 Å². The van der Waals surface area contributed by atoms with Crippen LogP contribution in [0.5, 0.6) is 0 Å². The second-order valence-electron chi connectivity index (χ2n) is 5.99. The van der Waals surface area contributed by atoms with E-state index in [4.69, 9.17) is 9.47 Å². The standard InChI is InChI=1S/C14H26N2O2/c1-13(2,3)18-9-8-17-12-6-5-7-14(10-12,11-15)16-4/h12,16H,5-10H2,1-4H3. The second kappa shape index (κ2) is 6.51. The fourth-order valence-electron chi connectivity index (χ4n) is 2.31. The molecule has 18 heavy (non-hydrogen) atoms. The molecule has 1 saturated carbocycles. The summed E-state index contributed by atoms with van der Waals surface area (Å²) < 4.78 is 11.4. The van der Waals surface area contributed by atoms with Crippen molar-refractivity contribution in [2.45, 2.75) is 63.7 Å². The number of hydrogen-bond acceptors (Lipinski definition) is 4. The molecule has 1 aliphatic carbocycles. The minimum absolute atomic E-state index is 0.114. The number of rotatable bonds is 5. The first-order chi connectivity index (χ1) is 8.41. The van der Waals surface area contributed by atoms with Gasteiger partial charge in [-0.05, 0) is 47.1 Å². The molecule has 1 aliphatic rings. The minimum Gasteiger partial charge on any atom is -0.376 e. The van der Waals surface area contributed by atoms with Gasteiger partial charge in [-0.2, -0.15) is 5.26 Å². The van der Waals surface area contributed by atoms with Crippen LogP contribution < -0.4 is 5.32 Å². The fraction of sp³-hybridized carbons (Fsp3) is 0.929. The molecule has 4 heteroatoms. The van der Waals surface area contributed by atoms with Crippen molar-refractivity contribution in [1.82, 2.24) is 5.32 Å². The predicted octanol–water partition coefficient (Wildman–Crippen LogP) is 2.24. The highest BCUT2D eigenvalue weighted by Crippen LogP contribution is 2.29. The van der Waals surface area contributed by atoms with Crippen LogP contribution in [0.2, 0.25) is 0 Å². The average molecular weight is 254 g/mol. The molecule has 0 radical (unpaired) electrons. The maximum atomic E-state index is 9.24. The van der Waals surface area contributed by atoms with Gasteiger partial charge in [-0.1, -0.05) is 0 Å². The van der Waals surface area contributed by atoms with E-state index in [1.807, 2.05) is 27.8 Å². The van der Waals surface area contributed by atoms with Crippen LogP contribution in [-0.2, 0) is 9.47 Å². The molecule has 1 fully saturated rings. The highest BCUT2D eigenvalue weighted by atomic mass is 16.5. The summed E-state index contributed by atoms with van der Waals surface area (Å²) in [4.78, 5) is 0. The molecule has 4 nitrogen and oxygen atoms in total. The Morgan fingerprint density at radius 1 is 1.39 bits per heavy atom. The van der Waals surface area contributed by atoms with Crippen molar-refractivity contribution in [3.05, 3.63) is 0 Å². The summed E-state index contributed by atoms with van der Waals surface area (Å²) in [7, 11) is 1.86. The molecular formula is C14H26N2O2. The van der Waals surface area contributed by atoms with E-state index in [9.17, 15) is 5.26 Å². The highest BCUT2D eigenvalue weighted by Gasteiger charge is 2.35. The molecule has 0 aromatic carbocycles. The molecule has 1 rings (SSSR count). The molecule has 0 bridgehead atoms. The van der Waals surface area contributed by atoms with Crippen molar-refractivity contribution in [3.63, 3.8) is 0 Å². The molecule has 0 aromatic rings. The lowest BCUT2D eigenvalue weighted by Gasteiger charge is -2.35. The van der Waals surface area contributed by atoms with Crippen molar-refractivity contribution in [1.29, 1.82) is 5.26 Å². The number of ether oxygens (including phenoxy) is 2. The van der Waals surface area contributed by atoms with Crippen molar-refractivity contribution in [2.75, 3.05) is 20.3 Å². The van der Waals surface area contributed by atoms with E-state index in [0.29, 0.717) is 13.2 Å². The summed E-state index contributed by atoms with van der Waals surface area (Å²) in [6, 6.07) is 2.39. The summed E-state index contributed by atoms with van der Waals surface area (Å²) in [5.74, 6) is 0. The highest BCUT2D eigenvalue weighted by molar-refractivity contribution is 5.09. The van der Waals surface area contributed by atoms with Crippen LogP contribution in [0.4, 0.5) is 0 Å². The molecular weight excluding hydrogens is 228 g/mol. The Labute approximate surface area is 111 Å². The van der Waals surface area contributed by atoms with Crippen molar-refractivity contribution in [3.8, 4) is 6.07 Å². The zero-order chi connectivity index (χ0) is 13.6. The third kappa shape index (κ3) is 4.93. The normalized spacial score (nSPS) is 28.9. The van der Waals surface area contributed by atoms with Gasteiger partial charge in [-0.15, -0.1) is 0 Å². The van der Waals surface area contributed by atoms with Gasteiger partial charge in [0.1, 0.15) is 5.54 Å². The second-order valence-corrected chi connectivity index (χ2v) is 5.99. The van der Waals surface area contributed by atoms with Crippen LogP contribution in [0.1, 0.15) is 46.5 Å². The summed E-state index contributed by atoms with van der Waals surface area (Å²) in [6.45, 7) is 7.33. The quantitative estimate of drug-likeness (QED) is 0.764. The Morgan fingerprint density at radius 2 is 2.11 bits per heavy atom. The zero-order valence-corrected chi connectivity index (χ0v) is 12.1. The first-order valence-corrected chi connectivity index (χ1v) is 6.76. The van der Waals surface area contributed by atoms with E-state index in [1.165, 1.54) is 0 Å². The Hall–Kier alpha value is -0.630. The van der Waals surface area contributed by atoms with Gasteiger partial charge >= 0.3 is 0 Å². The lowest BCUT2D eigenvalue weighted by molar-refractivity contribution is -0.0623. The Kier molecular flexibility index (Phi) is 5.58. The van der Waals surface area contributed by atoms with Crippen LogP contribution in [0.25, 0.3) is 0 Å². The topological polar surface area (TPSA) is 54.3 Å². The van der Waals surface area contributed by atoms with E-state index in [-0.39, 0.29) is 11.7 Å². The number of nitriles is 1. The number of nitrogens with one attached hydrogen (secondary N) is 1. The first kappa shape index (κ1) is 15.4. The molecule has 0 aliphatic heterocycles. The Balaban J connectivity index is 2.29. The summed E-state index contributed by atoms with van der Waals surface area (Å²) in [5.41, 5.74) is -0.509. The van der Waals surface area contributed by atoms with Gasteiger partial charge in [0.15, 0.2) is 0 Å². The van der Waals surface area contributed by atoms with Crippen molar-refractivity contribution < 1.29 is 9.47 Å². The summed E-state index contributed by atoms with van der Waals surface area (Å²) >= 11 is 0. The van der Waals surface area contributed by atoms with Gasteiger partial charge < -0.3 is 14.8 Å². The van der Waals surface area contributed by atoms with E-state index in [0.717, 1.165) is 25.7 Å². The van der Waals surface area contributed by atoms with Crippen LogP contribution >= 0.6 is 0 Å². The third-order valence-corrected chi connectivity index (χ3v) is 3.37. The third-order valence-electron chi connectivity index (χ3n) is 3.37. The molecule has 1 N–H and O–H groups in total. The maximum absolute atomic E-state index is 9.24. The van der Waals surface area contributed by atoms with Crippen molar-refractivity contribution in [2.24, 2.45) is 0 Å². The van der Waals surface area contributed by atoms with E-state index >= 15 is 0 Å². The summed E-state index contributed by atoms with van der Waals surface area (Å²) in [5, 5.41) is 12.4. The lowest BCUT2D eigenvalue weighted by Crippen LogP contribution is -2.47. The average Bonchev–Trinajstić information content (AvgIpc) is 2.34. The first-order valence-electron chi connectivity index (χ1n) is 6.76. The monoisotopic (exact) mass is 254 g/mol. The van der Waals surface area contributed by atoms with E-state index < -0.39 is 5.54 Å². The Morgan fingerprint density at radius 3 is 2.67 bits per heavy atom. The lowest BCUT2D eigenvalue weighted by atomic mass is 9.81. The smallest absolute Gasteiger partial charge is 0.109 e. The molecule has 0 spiro atoms. The van der Waals surface area contributed by atoms with Crippen LogP contribution in [0, 0.1) is 11.3 Å². The van der Waals surface area contributed by atoms with Crippen LogP contribution in [0.15, 0.2) is 0 Å². The van der Waals surface area contributed by atoms with Gasteiger partial charge in [-0.25, -0.2) is 0 Å². The molecule has 0 amide bonds. The molecule has 0 heterocycles. The molecule has 0 aromatic heterocycles. The molecule has 2 unspecified atom stereocenters. The SMILES string of the molecule is CNC1(C#N)CCCC(OCCOC(C)(C)C)C1. The van der Waals surface area contributed by atoms with Crippen LogP contribution in [-0.4, -0.2) is 37.5 Å². The number of hydrogen-bond donors (Lipinski definition) is 1. The van der Waals surface area contributed by atoms with Gasteiger partial charge in [0, 0.05) is 6.42 Å². The summed E-state index contributed by atoms with van der Waals surface area (Å²) in [6.07, 6.45) is 3.95. The predicted molar refractivity (Wildman–Crippen MR) is 71.3 cm³/mol. The van der Waals surface area contributed by atoms with Crippen LogP contribution in [0.3, 0.4) is 0 Å². The zero-order valence-electron chi connectivity index (χ0n) is 12.1. The largest absolute Gasteiger partial charge is 0.376 e. The van der Waals surface area contributed by atoms with Gasteiger partial charge in [0.25, 0.3) is 0 Å². The van der Waals surface area contributed by atoms with Gasteiger partial charge in [0.2, 0.25) is 0 Å². The Bertz CT molecular complexity index is 293. The van der Waals surface area contributed by atoms with E-state index in [2.05, 4.69) is 11.4 Å².